The molecule has 0 saturated carbocycles. The molecule has 0 unspecified atom stereocenters. The quantitative estimate of drug-likeness (QED) is 0.223. The van der Waals surface area contributed by atoms with E-state index in [1.165, 1.54) is 27.1 Å². The fourth-order valence-corrected chi connectivity index (χ4v) is 5.27. The van der Waals surface area contributed by atoms with Crippen molar-refractivity contribution in [2.75, 3.05) is 0 Å². The Labute approximate surface area is 179 Å². The molecule has 2 heteroatoms. The summed E-state index contributed by atoms with van der Waals surface area (Å²) in [5, 5.41) is 0. The fraction of sp³-hybridized carbons (Fsp3) is 0.0769. The standard InChI is InChI=1S/C26H21BrS/c1-20-10-8-9-15-25(20)28-26(21-11-4-2-5-12-21,22-13-6-3-7-14-22)23-16-18-24(27)19-17-23/h2-19H,1H3. The van der Waals surface area contributed by atoms with E-state index in [0.717, 1.165) is 4.47 Å². The lowest BCUT2D eigenvalue weighted by molar-refractivity contribution is 0.892. The van der Waals surface area contributed by atoms with Gasteiger partial charge >= 0.3 is 0 Å². The number of hydrogen-bond donors (Lipinski definition) is 0. The van der Waals surface area contributed by atoms with Crippen molar-refractivity contribution in [1.29, 1.82) is 0 Å². The Morgan fingerprint density at radius 2 is 1.04 bits per heavy atom. The molecule has 0 saturated heterocycles. The Kier molecular flexibility index (Phi) is 5.70. The Hall–Kier alpha value is -2.29. The summed E-state index contributed by atoms with van der Waals surface area (Å²) in [4.78, 5) is 1.29. The van der Waals surface area contributed by atoms with E-state index in [0.29, 0.717) is 0 Å². The van der Waals surface area contributed by atoms with Gasteiger partial charge in [-0.15, -0.1) is 11.8 Å². The van der Waals surface area contributed by atoms with Crippen molar-refractivity contribution < 1.29 is 0 Å². The number of halogens is 1. The molecule has 0 atom stereocenters. The van der Waals surface area contributed by atoms with Crippen LogP contribution in [0, 0.1) is 6.92 Å². The molecule has 0 aliphatic heterocycles. The summed E-state index contributed by atoms with van der Waals surface area (Å²) in [7, 11) is 0. The zero-order chi connectivity index (χ0) is 19.4. The van der Waals surface area contributed by atoms with E-state index >= 15 is 0 Å². The van der Waals surface area contributed by atoms with Crippen LogP contribution < -0.4 is 0 Å². The van der Waals surface area contributed by atoms with Crippen molar-refractivity contribution in [3.8, 4) is 0 Å². The summed E-state index contributed by atoms with van der Waals surface area (Å²) < 4.78 is 0.752. The average Bonchev–Trinajstić information content (AvgIpc) is 2.75. The third kappa shape index (κ3) is 3.67. The smallest absolute Gasteiger partial charge is 0.0954 e. The van der Waals surface area contributed by atoms with Crippen LogP contribution in [0.1, 0.15) is 22.3 Å². The maximum atomic E-state index is 3.60. The molecule has 0 aliphatic rings. The maximum absolute atomic E-state index is 3.60. The van der Waals surface area contributed by atoms with Crippen molar-refractivity contribution in [3.63, 3.8) is 0 Å². The molecular weight excluding hydrogens is 424 g/mol. The van der Waals surface area contributed by atoms with Gasteiger partial charge in [0, 0.05) is 9.37 Å². The van der Waals surface area contributed by atoms with Gasteiger partial charge in [-0.1, -0.05) is 107 Å². The minimum Gasteiger partial charge on any atom is -0.104 e. The fourth-order valence-electron chi connectivity index (χ4n) is 3.54. The summed E-state index contributed by atoms with van der Waals surface area (Å²) in [6.07, 6.45) is 0. The molecule has 0 bridgehead atoms. The highest BCUT2D eigenvalue weighted by Crippen LogP contribution is 2.52. The Bertz CT molecular complexity index is 1000. The second kappa shape index (κ2) is 8.38. The molecule has 0 nitrogen and oxygen atoms in total. The van der Waals surface area contributed by atoms with Crippen LogP contribution in [0.4, 0.5) is 0 Å². The summed E-state index contributed by atoms with van der Waals surface area (Å²) in [6.45, 7) is 2.19. The third-order valence-corrected chi connectivity index (χ3v) is 7.19. The van der Waals surface area contributed by atoms with Gasteiger partial charge in [0.1, 0.15) is 0 Å². The minimum atomic E-state index is -0.338. The van der Waals surface area contributed by atoms with Crippen LogP contribution in [-0.4, -0.2) is 0 Å². The van der Waals surface area contributed by atoms with E-state index in [1.54, 1.807) is 0 Å². The minimum absolute atomic E-state index is 0.338. The first-order valence-electron chi connectivity index (χ1n) is 9.32. The highest BCUT2D eigenvalue weighted by Gasteiger charge is 2.37. The van der Waals surface area contributed by atoms with Crippen molar-refractivity contribution in [1.82, 2.24) is 0 Å². The Balaban J connectivity index is 2.02. The van der Waals surface area contributed by atoms with Crippen molar-refractivity contribution in [2.24, 2.45) is 0 Å². The van der Waals surface area contributed by atoms with Crippen molar-refractivity contribution in [3.05, 3.63) is 136 Å². The van der Waals surface area contributed by atoms with Crippen LogP contribution in [0.5, 0.6) is 0 Å². The van der Waals surface area contributed by atoms with Crippen molar-refractivity contribution in [2.45, 2.75) is 16.6 Å². The first-order chi connectivity index (χ1) is 13.7. The molecule has 0 aliphatic carbocycles. The first kappa shape index (κ1) is 19.0. The number of aryl methyl sites for hydroxylation is 1. The van der Waals surface area contributed by atoms with E-state index < -0.39 is 0 Å². The van der Waals surface area contributed by atoms with Gasteiger partial charge in [0.25, 0.3) is 0 Å². The second-order valence-electron chi connectivity index (χ2n) is 6.79. The van der Waals surface area contributed by atoms with E-state index in [4.69, 9.17) is 0 Å². The summed E-state index contributed by atoms with van der Waals surface area (Å²) in [5.74, 6) is 0. The monoisotopic (exact) mass is 444 g/mol. The van der Waals surface area contributed by atoms with Crippen molar-refractivity contribution >= 4 is 27.7 Å². The zero-order valence-electron chi connectivity index (χ0n) is 15.7. The molecule has 0 fully saturated rings. The zero-order valence-corrected chi connectivity index (χ0v) is 18.1. The summed E-state index contributed by atoms with van der Waals surface area (Å²) in [5.41, 5.74) is 5.11. The van der Waals surface area contributed by atoms with Crippen LogP contribution >= 0.6 is 27.7 Å². The topological polar surface area (TPSA) is 0 Å². The van der Waals surface area contributed by atoms with Crippen LogP contribution in [0.15, 0.2) is 119 Å². The van der Waals surface area contributed by atoms with Gasteiger partial charge < -0.3 is 0 Å². The molecule has 4 rings (SSSR count). The number of thioether (sulfide) groups is 1. The molecule has 0 N–H and O–H groups in total. The molecule has 0 aromatic heterocycles. The van der Waals surface area contributed by atoms with Crippen LogP contribution in [0.25, 0.3) is 0 Å². The highest BCUT2D eigenvalue weighted by atomic mass is 79.9. The lowest BCUT2D eigenvalue weighted by Gasteiger charge is -2.36. The van der Waals surface area contributed by atoms with Crippen LogP contribution in [0.2, 0.25) is 0 Å². The molecule has 0 heterocycles. The molecule has 28 heavy (non-hydrogen) atoms. The summed E-state index contributed by atoms with van der Waals surface area (Å²) in [6, 6.07) is 39.0. The maximum Gasteiger partial charge on any atom is 0.0954 e. The predicted molar refractivity (Wildman–Crippen MR) is 124 cm³/mol. The van der Waals surface area contributed by atoms with Gasteiger partial charge in [0.05, 0.1) is 4.75 Å². The van der Waals surface area contributed by atoms with Gasteiger partial charge in [-0.2, -0.15) is 0 Å². The number of benzene rings is 4. The summed E-state index contributed by atoms with van der Waals surface area (Å²) >= 11 is 5.51. The van der Waals surface area contributed by atoms with Gasteiger partial charge in [-0.3, -0.25) is 0 Å². The van der Waals surface area contributed by atoms with E-state index in [1.807, 2.05) is 11.8 Å². The normalized spacial score (nSPS) is 11.4. The molecule has 0 spiro atoms. The van der Waals surface area contributed by atoms with E-state index in [9.17, 15) is 0 Å². The molecule has 4 aromatic rings. The molecule has 0 radical (unpaired) electrons. The Morgan fingerprint density at radius 1 is 0.571 bits per heavy atom. The highest BCUT2D eigenvalue weighted by molar-refractivity contribution is 9.10. The van der Waals surface area contributed by atoms with Gasteiger partial charge in [-0.25, -0.2) is 0 Å². The van der Waals surface area contributed by atoms with Crippen LogP contribution in [0.3, 0.4) is 0 Å². The first-order valence-corrected chi connectivity index (χ1v) is 10.9. The molecule has 4 aromatic carbocycles. The SMILES string of the molecule is Cc1ccccc1SC(c1ccccc1)(c1ccccc1)c1ccc(Br)cc1. The average molecular weight is 445 g/mol. The largest absolute Gasteiger partial charge is 0.104 e. The number of rotatable bonds is 5. The third-order valence-electron chi connectivity index (χ3n) is 4.97. The lowest BCUT2D eigenvalue weighted by atomic mass is 9.84. The van der Waals surface area contributed by atoms with Gasteiger partial charge in [0.2, 0.25) is 0 Å². The predicted octanol–water partition coefficient (Wildman–Crippen LogP) is 7.84. The lowest BCUT2D eigenvalue weighted by Crippen LogP contribution is -2.25. The molecule has 0 amide bonds. The second-order valence-corrected chi connectivity index (χ2v) is 8.96. The molecular formula is C26H21BrS. The van der Waals surface area contributed by atoms with Gasteiger partial charge in [-0.05, 0) is 47.4 Å². The number of hydrogen-bond acceptors (Lipinski definition) is 1. The van der Waals surface area contributed by atoms with Gasteiger partial charge in [0.15, 0.2) is 0 Å². The van der Waals surface area contributed by atoms with E-state index in [-0.39, 0.29) is 4.75 Å². The molecule has 138 valence electrons. The van der Waals surface area contributed by atoms with Crippen LogP contribution in [-0.2, 0) is 4.75 Å². The Morgan fingerprint density at radius 3 is 1.57 bits per heavy atom. The van der Waals surface area contributed by atoms with E-state index in [2.05, 4.69) is 132 Å².